The molecule has 0 saturated heterocycles. The minimum atomic E-state index is -0.141. The normalized spacial score (nSPS) is 10.7. The van der Waals surface area contributed by atoms with Crippen molar-refractivity contribution < 1.29 is 14.3 Å². The second kappa shape index (κ2) is 9.95. The van der Waals surface area contributed by atoms with Crippen LogP contribution in [0.4, 0.5) is 10.8 Å². The van der Waals surface area contributed by atoms with Crippen molar-refractivity contribution in [2.24, 2.45) is 0 Å². The monoisotopic (exact) mass is 469 g/mol. The van der Waals surface area contributed by atoms with Crippen LogP contribution in [-0.2, 0) is 4.79 Å². The van der Waals surface area contributed by atoms with Gasteiger partial charge in [0.2, 0.25) is 5.91 Å². The third kappa shape index (κ3) is 5.63. The highest BCUT2D eigenvalue weighted by Gasteiger charge is 2.11. The lowest BCUT2D eigenvalue weighted by atomic mass is 10.3. The number of nitrogens with zero attached hydrogens (tertiary/aromatic N) is 1. The summed E-state index contributed by atoms with van der Waals surface area (Å²) >= 11 is 4.21. The average molecular weight is 470 g/mol. The number of thiophene rings is 1. The number of benzene rings is 2. The fourth-order valence-corrected chi connectivity index (χ4v) is 5.07. The number of ether oxygens (including phenoxy) is 1. The van der Waals surface area contributed by atoms with Crippen LogP contribution in [0, 0.1) is 0 Å². The summed E-state index contributed by atoms with van der Waals surface area (Å²) in [6, 6.07) is 16.8. The van der Waals surface area contributed by atoms with E-state index in [0.717, 1.165) is 20.9 Å². The zero-order valence-corrected chi connectivity index (χ0v) is 19.0. The van der Waals surface area contributed by atoms with Crippen molar-refractivity contribution in [3.63, 3.8) is 0 Å². The Balaban J connectivity index is 1.33. The lowest BCUT2D eigenvalue weighted by Crippen LogP contribution is -2.13. The summed E-state index contributed by atoms with van der Waals surface area (Å²) in [6.07, 6.45) is 0. The van der Waals surface area contributed by atoms with Crippen molar-refractivity contribution in [3.8, 4) is 5.75 Å². The molecule has 9 heteroatoms. The Morgan fingerprint density at radius 1 is 1.10 bits per heavy atom. The highest BCUT2D eigenvalue weighted by molar-refractivity contribution is 8.00. The Morgan fingerprint density at radius 3 is 2.81 bits per heavy atom. The van der Waals surface area contributed by atoms with Crippen molar-refractivity contribution >= 4 is 67.3 Å². The molecular weight excluding hydrogens is 450 g/mol. The first-order valence-corrected chi connectivity index (χ1v) is 12.2. The number of nitrogens with one attached hydrogen (secondary N) is 2. The van der Waals surface area contributed by atoms with E-state index in [0.29, 0.717) is 22.3 Å². The summed E-state index contributed by atoms with van der Waals surface area (Å²) in [5, 5.41) is 8.16. The van der Waals surface area contributed by atoms with E-state index in [1.807, 2.05) is 60.8 Å². The Kier molecular flexibility index (Phi) is 6.86. The van der Waals surface area contributed by atoms with Crippen molar-refractivity contribution in [1.29, 1.82) is 0 Å². The number of carbonyl (C=O) groups excluding carboxylic acids is 2. The molecule has 4 rings (SSSR count). The molecular formula is C22H19N3O3S3. The molecule has 0 unspecified atom stereocenters. The van der Waals surface area contributed by atoms with Gasteiger partial charge < -0.3 is 15.4 Å². The maximum Gasteiger partial charge on any atom is 0.265 e. The number of rotatable bonds is 8. The third-order valence-corrected chi connectivity index (χ3v) is 6.92. The highest BCUT2D eigenvalue weighted by Crippen LogP contribution is 2.30. The summed E-state index contributed by atoms with van der Waals surface area (Å²) in [4.78, 5) is 30.6. The van der Waals surface area contributed by atoms with Gasteiger partial charge in [-0.2, -0.15) is 0 Å². The van der Waals surface area contributed by atoms with Gasteiger partial charge >= 0.3 is 0 Å². The van der Waals surface area contributed by atoms with E-state index in [1.54, 1.807) is 6.07 Å². The Hall–Kier alpha value is -2.88. The zero-order chi connectivity index (χ0) is 21.6. The lowest BCUT2D eigenvalue weighted by molar-refractivity contribution is -0.113. The molecule has 0 spiro atoms. The van der Waals surface area contributed by atoms with Gasteiger partial charge in [0.15, 0.2) is 5.13 Å². The highest BCUT2D eigenvalue weighted by atomic mass is 32.2. The number of thiazole rings is 1. The maximum absolute atomic E-state index is 12.4. The Bertz CT molecular complexity index is 1210. The number of anilines is 2. The number of thioether (sulfide) groups is 1. The molecule has 0 aliphatic carbocycles. The van der Waals surface area contributed by atoms with Gasteiger partial charge in [-0.3, -0.25) is 9.59 Å². The first-order valence-electron chi connectivity index (χ1n) is 9.51. The number of aromatic nitrogens is 1. The first kappa shape index (κ1) is 21.4. The average Bonchev–Trinajstić information content (AvgIpc) is 3.42. The van der Waals surface area contributed by atoms with E-state index in [-0.39, 0.29) is 17.6 Å². The molecule has 0 fully saturated rings. The molecule has 6 nitrogen and oxygen atoms in total. The van der Waals surface area contributed by atoms with Crippen LogP contribution in [-0.4, -0.2) is 29.2 Å². The van der Waals surface area contributed by atoms with E-state index >= 15 is 0 Å². The van der Waals surface area contributed by atoms with Crippen LogP contribution in [0.1, 0.15) is 16.6 Å². The van der Waals surface area contributed by atoms with Gasteiger partial charge in [0.05, 0.1) is 27.5 Å². The summed E-state index contributed by atoms with van der Waals surface area (Å²) in [7, 11) is 0. The predicted octanol–water partition coefficient (Wildman–Crippen LogP) is 5.74. The van der Waals surface area contributed by atoms with E-state index in [2.05, 4.69) is 15.6 Å². The molecule has 0 atom stereocenters. The molecule has 0 aliphatic rings. The number of carbonyl (C=O) groups is 2. The van der Waals surface area contributed by atoms with Crippen LogP contribution >= 0.6 is 34.4 Å². The molecule has 2 heterocycles. The summed E-state index contributed by atoms with van der Waals surface area (Å²) < 4.78 is 6.47. The standard InChI is InChI=1S/C22H19N3O3S3/c1-2-28-15-8-9-17-19(12-15)31-22(24-17)25-20(26)13-30-16-6-3-5-14(11-16)23-21(27)18-7-4-10-29-18/h3-12H,2,13H2,1H3,(H,23,27)(H,24,25,26). The fourth-order valence-electron chi connectivity index (χ4n) is 2.78. The molecule has 31 heavy (non-hydrogen) atoms. The maximum atomic E-state index is 12.4. The Labute approximate surface area is 191 Å². The predicted molar refractivity (Wildman–Crippen MR) is 129 cm³/mol. The second-order valence-electron chi connectivity index (χ2n) is 6.38. The number of hydrogen-bond acceptors (Lipinski definition) is 7. The van der Waals surface area contributed by atoms with Gasteiger partial charge in [-0.1, -0.05) is 23.5 Å². The van der Waals surface area contributed by atoms with Crippen molar-refractivity contribution in [1.82, 2.24) is 4.98 Å². The van der Waals surface area contributed by atoms with Crippen LogP contribution in [0.5, 0.6) is 5.75 Å². The van der Waals surface area contributed by atoms with Gasteiger partial charge in [0, 0.05) is 10.6 Å². The van der Waals surface area contributed by atoms with Crippen LogP contribution < -0.4 is 15.4 Å². The molecule has 2 aromatic carbocycles. The van der Waals surface area contributed by atoms with Gasteiger partial charge in [0.25, 0.3) is 5.91 Å². The molecule has 0 aliphatic heterocycles. The Morgan fingerprint density at radius 2 is 2.00 bits per heavy atom. The van der Waals surface area contributed by atoms with Crippen LogP contribution in [0.2, 0.25) is 0 Å². The van der Waals surface area contributed by atoms with Gasteiger partial charge in [-0.15, -0.1) is 23.1 Å². The lowest BCUT2D eigenvalue weighted by Gasteiger charge is -2.06. The molecule has 0 radical (unpaired) electrons. The van der Waals surface area contributed by atoms with E-state index in [4.69, 9.17) is 4.74 Å². The van der Waals surface area contributed by atoms with Gasteiger partial charge in [-0.25, -0.2) is 4.98 Å². The second-order valence-corrected chi connectivity index (χ2v) is 9.40. The zero-order valence-electron chi connectivity index (χ0n) is 16.6. The van der Waals surface area contributed by atoms with E-state index < -0.39 is 0 Å². The molecule has 2 N–H and O–H groups in total. The molecule has 158 valence electrons. The van der Waals surface area contributed by atoms with Gasteiger partial charge in [0.1, 0.15) is 5.75 Å². The van der Waals surface area contributed by atoms with Crippen LogP contribution in [0.15, 0.2) is 64.9 Å². The number of fused-ring (bicyclic) bond motifs is 1. The molecule has 2 aromatic heterocycles. The third-order valence-electron chi connectivity index (χ3n) is 4.12. The van der Waals surface area contributed by atoms with Crippen molar-refractivity contribution in [2.75, 3.05) is 23.0 Å². The van der Waals surface area contributed by atoms with Crippen molar-refractivity contribution in [2.45, 2.75) is 11.8 Å². The molecule has 0 bridgehead atoms. The van der Waals surface area contributed by atoms with Crippen LogP contribution in [0.25, 0.3) is 10.2 Å². The summed E-state index contributed by atoms with van der Waals surface area (Å²) in [5.74, 6) is 0.751. The SMILES string of the molecule is CCOc1ccc2nc(NC(=O)CSc3cccc(NC(=O)c4cccs4)c3)sc2c1. The molecule has 2 amide bonds. The quantitative estimate of drug-likeness (QED) is 0.322. The summed E-state index contributed by atoms with van der Waals surface area (Å²) in [6.45, 7) is 2.54. The first-order chi connectivity index (χ1) is 15.1. The number of hydrogen-bond donors (Lipinski definition) is 2. The van der Waals surface area contributed by atoms with Gasteiger partial charge in [-0.05, 0) is 54.8 Å². The van der Waals surface area contributed by atoms with Crippen molar-refractivity contribution in [3.05, 3.63) is 64.9 Å². The molecule has 4 aromatic rings. The van der Waals surface area contributed by atoms with E-state index in [1.165, 1.54) is 34.4 Å². The van der Waals surface area contributed by atoms with E-state index in [9.17, 15) is 9.59 Å². The minimum Gasteiger partial charge on any atom is -0.494 e. The largest absolute Gasteiger partial charge is 0.494 e. The topological polar surface area (TPSA) is 80.3 Å². The number of amides is 2. The van der Waals surface area contributed by atoms with Crippen LogP contribution in [0.3, 0.4) is 0 Å². The molecule has 0 saturated carbocycles. The summed E-state index contributed by atoms with van der Waals surface area (Å²) in [5.41, 5.74) is 1.52. The minimum absolute atomic E-state index is 0.137. The smallest absolute Gasteiger partial charge is 0.265 e. The fraction of sp³-hybridized carbons (Fsp3) is 0.136.